The summed E-state index contributed by atoms with van der Waals surface area (Å²) in [6.07, 6.45) is 5.42. The Labute approximate surface area is 136 Å². The molecule has 0 spiro atoms. The molecule has 0 atom stereocenters. The monoisotopic (exact) mass is 315 g/mol. The fraction of sp³-hybridized carbons (Fsp3) is 0.500. The third-order valence-electron chi connectivity index (χ3n) is 4.54. The van der Waals surface area contributed by atoms with Gasteiger partial charge in [-0.15, -0.1) is 0 Å². The molecule has 23 heavy (non-hydrogen) atoms. The van der Waals surface area contributed by atoms with Crippen LogP contribution in [0.2, 0.25) is 0 Å². The van der Waals surface area contributed by atoms with E-state index in [0.717, 1.165) is 16.9 Å². The maximum atomic E-state index is 6.04. The van der Waals surface area contributed by atoms with Gasteiger partial charge in [0.05, 0.1) is 36.7 Å². The van der Waals surface area contributed by atoms with Gasteiger partial charge in [0.25, 0.3) is 0 Å². The first-order valence-corrected chi connectivity index (χ1v) is 7.68. The standard InChI is InChI=1S/C16H22BN3O3/c1-15(2)16(3,4)23-17(22-15)12-8-19-20(10-12)11-13-6-7-14(21-5)9-18-13/h6-10H,11H2,1-5H3. The molecule has 2 aromatic rings. The molecular weight excluding hydrogens is 293 g/mol. The average molecular weight is 315 g/mol. The van der Waals surface area contributed by atoms with Crippen molar-refractivity contribution in [2.45, 2.75) is 45.4 Å². The van der Waals surface area contributed by atoms with Crippen LogP contribution in [0, 0.1) is 0 Å². The Hall–Kier alpha value is -1.86. The molecule has 1 aliphatic rings. The number of ether oxygens (including phenoxy) is 1. The van der Waals surface area contributed by atoms with E-state index in [2.05, 4.69) is 10.1 Å². The van der Waals surface area contributed by atoms with Gasteiger partial charge in [0.1, 0.15) is 5.75 Å². The molecule has 0 unspecified atom stereocenters. The minimum absolute atomic E-state index is 0.350. The van der Waals surface area contributed by atoms with E-state index in [-0.39, 0.29) is 11.2 Å². The van der Waals surface area contributed by atoms with Gasteiger partial charge in [-0.3, -0.25) is 9.67 Å². The first kappa shape index (κ1) is 16.0. The van der Waals surface area contributed by atoms with Crippen molar-refractivity contribution in [2.24, 2.45) is 0 Å². The highest BCUT2D eigenvalue weighted by atomic mass is 16.7. The lowest BCUT2D eigenvalue weighted by molar-refractivity contribution is 0.00578. The van der Waals surface area contributed by atoms with Crippen LogP contribution in [0.1, 0.15) is 33.4 Å². The molecule has 0 radical (unpaired) electrons. The van der Waals surface area contributed by atoms with Crippen LogP contribution in [0.15, 0.2) is 30.7 Å². The first-order chi connectivity index (χ1) is 10.8. The highest BCUT2D eigenvalue weighted by Gasteiger charge is 2.52. The van der Waals surface area contributed by atoms with Crippen molar-refractivity contribution >= 4 is 12.6 Å². The van der Waals surface area contributed by atoms with E-state index in [1.165, 1.54) is 0 Å². The summed E-state index contributed by atoms with van der Waals surface area (Å²) in [7, 11) is 1.23. The second kappa shape index (κ2) is 5.65. The number of hydrogen-bond acceptors (Lipinski definition) is 5. The first-order valence-electron chi connectivity index (χ1n) is 7.68. The number of rotatable bonds is 4. The van der Waals surface area contributed by atoms with E-state index in [1.54, 1.807) is 19.5 Å². The molecule has 1 fully saturated rings. The van der Waals surface area contributed by atoms with Gasteiger partial charge >= 0.3 is 7.12 Å². The molecule has 0 N–H and O–H groups in total. The van der Waals surface area contributed by atoms with Gasteiger partial charge in [-0.2, -0.15) is 5.10 Å². The highest BCUT2D eigenvalue weighted by Crippen LogP contribution is 2.36. The SMILES string of the molecule is COc1ccc(Cn2cc(B3OC(C)(C)C(C)(C)O3)cn2)nc1. The maximum Gasteiger partial charge on any atom is 0.498 e. The van der Waals surface area contributed by atoms with Crippen molar-refractivity contribution in [3.8, 4) is 5.75 Å². The van der Waals surface area contributed by atoms with Crippen LogP contribution in [-0.2, 0) is 15.9 Å². The molecule has 3 heterocycles. The van der Waals surface area contributed by atoms with Crippen molar-refractivity contribution in [3.63, 3.8) is 0 Å². The summed E-state index contributed by atoms with van der Waals surface area (Å²) >= 11 is 0. The third kappa shape index (κ3) is 3.11. The zero-order valence-corrected chi connectivity index (χ0v) is 14.2. The van der Waals surface area contributed by atoms with Crippen LogP contribution in [0.25, 0.3) is 0 Å². The topological polar surface area (TPSA) is 58.4 Å². The van der Waals surface area contributed by atoms with Crippen molar-refractivity contribution < 1.29 is 14.0 Å². The summed E-state index contributed by atoms with van der Waals surface area (Å²) < 4.78 is 19.0. The van der Waals surface area contributed by atoms with Gasteiger partial charge in [-0.05, 0) is 39.8 Å². The summed E-state index contributed by atoms with van der Waals surface area (Å²) in [6.45, 7) is 8.75. The van der Waals surface area contributed by atoms with Gasteiger partial charge in [-0.25, -0.2) is 0 Å². The molecule has 1 aliphatic heterocycles. The summed E-state index contributed by atoms with van der Waals surface area (Å²) in [5, 5.41) is 4.38. The Balaban J connectivity index is 1.71. The largest absolute Gasteiger partial charge is 0.498 e. The Morgan fingerprint density at radius 3 is 2.39 bits per heavy atom. The molecule has 6 nitrogen and oxygen atoms in total. The number of hydrogen-bond donors (Lipinski definition) is 0. The minimum Gasteiger partial charge on any atom is -0.495 e. The van der Waals surface area contributed by atoms with Crippen LogP contribution in [0.5, 0.6) is 5.75 Å². The maximum absolute atomic E-state index is 6.04. The lowest BCUT2D eigenvalue weighted by Crippen LogP contribution is -2.41. The lowest BCUT2D eigenvalue weighted by atomic mass is 9.82. The molecule has 122 valence electrons. The van der Waals surface area contributed by atoms with Crippen molar-refractivity contribution in [2.75, 3.05) is 7.11 Å². The molecule has 3 rings (SSSR count). The fourth-order valence-corrected chi connectivity index (χ4v) is 2.36. The number of aromatic nitrogens is 3. The summed E-state index contributed by atoms with van der Waals surface area (Å²) in [4.78, 5) is 4.35. The fourth-order valence-electron chi connectivity index (χ4n) is 2.36. The Morgan fingerprint density at radius 2 is 1.83 bits per heavy atom. The van der Waals surface area contributed by atoms with Gasteiger partial charge in [0.15, 0.2) is 0 Å². The van der Waals surface area contributed by atoms with E-state index in [1.807, 2.05) is 50.7 Å². The van der Waals surface area contributed by atoms with Gasteiger partial charge < -0.3 is 14.0 Å². The molecule has 0 bridgehead atoms. The predicted molar refractivity (Wildman–Crippen MR) is 87.8 cm³/mol. The molecule has 0 aromatic carbocycles. The smallest absolute Gasteiger partial charge is 0.495 e. The van der Waals surface area contributed by atoms with Crippen molar-refractivity contribution in [1.82, 2.24) is 14.8 Å². The number of pyridine rings is 1. The molecule has 0 amide bonds. The predicted octanol–water partition coefficient (Wildman–Crippen LogP) is 1.63. The third-order valence-corrected chi connectivity index (χ3v) is 4.54. The highest BCUT2D eigenvalue weighted by molar-refractivity contribution is 6.61. The van der Waals surface area contributed by atoms with Gasteiger partial charge in [0.2, 0.25) is 0 Å². The Bertz CT molecular complexity index is 666. The van der Waals surface area contributed by atoms with Gasteiger partial charge in [-0.1, -0.05) is 0 Å². The quantitative estimate of drug-likeness (QED) is 0.803. The van der Waals surface area contributed by atoms with Crippen molar-refractivity contribution in [1.29, 1.82) is 0 Å². The Kier molecular flexibility index (Phi) is 3.94. The van der Waals surface area contributed by atoms with E-state index in [4.69, 9.17) is 14.0 Å². The number of methoxy groups -OCH3 is 1. The van der Waals surface area contributed by atoms with Crippen LogP contribution in [-0.4, -0.2) is 40.2 Å². The molecule has 7 heteroatoms. The summed E-state index contributed by atoms with van der Waals surface area (Å²) in [5.41, 5.74) is 1.13. The van der Waals surface area contributed by atoms with E-state index in [0.29, 0.717) is 6.54 Å². The molecule has 1 saturated heterocycles. The molecule has 0 saturated carbocycles. The van der Waals surface area contributed by atoms with E-state index < -0.39 is 7.12 Å². The zero-order chi connectivity index (χ0) is 16.7. The van der Waals surface area contributed by atoms with Crippen LogP contribution >= 0.6 is 0 Å². The van der Waals surface area contributed by atoms with E-state index in [9.17, 15) is 0 Å². The van der Waals surface area contributed by atoms with Crippen LogP contribution in [0.4, 0.5) is 0 Å². The molecule has 0 aliphatic carbocycles. The number of nitrogens with zero attached hydrogens (tertiary/aromatic N) is 3. The molecule has 2 aromatic heterocycles. The summed E-state index contributed by atoms with van der Waals surface area (Å²) in [6, 6.07) is 3.82. The Morgan fingerprint density at radius 1 is 1.13 bits per heavy atom. The molecular formula is C16H22BN3O3. The lowest BCUT2D eigenvalue weighted by Gasteiger charge is -2.32. The van der Waals surface area contributed by atoms with Gasteiger partial charge in [0, 0.05) is 17.9 Å². The van der Waals surface area contributed by atoms with Crippen molar-refractivity contribution in [3.05, 3.63) is 36.4 Å². The second-order valence-electron chi connectivity index (χ2n) is 6.75. The minimum atomic E-state index is -0.391. The summed E-state index contributed by atoms with van der Waals surface area (Å²) in [5.74, 6) is 0.743. The zero-order valence-electron chi connectivity index (χ0n) is 14.2. The average Bonchev–Trinajstić information content (AvgIpc) is 3.03. The normalized spacial score (nSPS) is 19.1. The van der Waals surface area contributed by atoms with Crippen LogP contribution < -0.4 is 10.2 Å². The van der Waals surface area contributed by atoms with Crippen LogP contribution in [0.3, 0.4) is 0 Å². The second-order valence-corrected chi connectivity index (χ2v) is 6.75. The van der Waals surface area contributed by atoms with E-state index >= 15 is 0 Å².